The molecule has 8 rings (SSSR count). The lowest BCUT2D eigenvalue weighted by atomic mass is 10.0. The maximum Gasteiger partial charge on any atom is 0.358 e. The Bertz CT molecular complexity index is 5450. The van der Waals surface area contributed by atoms with E-state index >= 15 is 0 Å². The van der Waals surface area contributed by atoms with E-state index < -0.39 is 217 Å². The second-order valence-electron chi connectivity index (χ2n) is 17.3. The van der Waals surface area contributed by atoms with Gasteiger partial charge in [-0.1, -0.05) is 0 Å². The zero-order valence-corrected chi connectivity index (χ0v) is 48.1. The highest BCUT2D eigenvalue weighted by atomic mass is 32.2. The summed E-state index contributed by atoms with van der Waals surface area (Å²) in [5.41, 5.74) is -5.20. The van der Waals surface area contributed by atoms with Gasteiger partial charge in [-0.3, -0.25) is 42.0 Å². The normalized spacial score (nSPS) is 13.2. The lowest BCUT2D eigenvalue weighted by Gasteiger charge is -2.15. The van der Waals surface area contributed by atoms with Crippen LogP contribution >= 0.6 is 0 Å². The van der Waals surface area contributed by atoms with Gasteiger partial charge in [0.05, 0.1) is 32.3 Å². The third kappa shape index (κ3) is 13.2. The van der Waals surface area contributed by atoms with Crippen LogP contribution in [0.15, 0.2) is 166 Å². The molecule has 0 radical (unpaired) electrons. The molecule has 1 heterocycles. The number of nitro benzene ring substituents is 1. The predicted molar refractivity (Wildman–Crippen MR) is 293 cm³/mol. The number of benzene rings is 7. The third-order valence-electron chi connectivity index (χ3n) is 11.7. The van der Waals surface area contributed by atoms with Gasteiger partial charge in [-0.05, 0) is 78.9 Å². The summed E-state index contributed by atoms with van der Waals surface area (Å²) < 4.78 is 246. The molecule has 13 N–H and O–H groups in total. The van der Waals surface area contributed by atoms with Crippen molar-refractivity contribution in [3.63, 3.8) is 0 Å². The number of anilines is 1. The summed E-state index contributed by atoms with van der Waals surface area (Å²) in [6, 6.07) is 9.28. The fraction of sp³-hybridized carbons (Fsp3) is 0. The molecular weight excluding hydrogens is 1340 g/mol. The molecule has 0 unspecified atom stereocenters. The second-order valence-corrected chi connectivity index (χ2v) is 27.0. The van der Waals surface area contributed by atoms with Crippen LogP contribution in [0.2, 0.25) is 0 Å². The molecular formula is C42H28N12O28S7. The lowest BCUT2D eigenvalue weighted by molar-refractivity contribution is -0.385. The Labute approximate surface area is 494 Å². The van der Waals surface area contributed by atoms with Gasteiger partial charge in [-0.25, -0.2) is 4.79 Å². The monoisotopic (exact) mass is 1370 g/mol. The number of nitro groups is 1. The smallest absolute Gasteiger partial charge is 0.358 e. The van der Waals surface area contributed by atoms with Gasteiger partial charge in [0, 0.05) is 28.3 Å². The Morgan fingerprint density at radius 2 is 0.944 bits per heavy atom. The van der Waals surface area contributed by atoms with E-state index in [2.05, 4.69) is 46.0 Å². The molecule has 47 heteroatoms. The van der Waals surface area contributed by atoms with Crippen molar-refractivity contribution in [2.45, 2.75) is 34.3 Å². The number of rotatable bonds is 18. The zero-order chi connectivity index (χ0) is 66.2. The highest BCUT2D eigenvalue weighted by molar-refractivity contribution is 7.87. The minimum atomic E-state index is -5.82. The highest BCUT2D eigenvalue weighted by Crippen LogP contribution is 2.50. The van der Waals surface area contributed by atoms with Gasteiger partial charge in [-0.15, -0.1) is 35.8 Å². The second kappa shape index (κ2) is 22.7. The maximum atomic E-state index is 13.1. The fourth-order valence-electron chi connectivity index (χ4n) is 7.88. The van der Waals surface area contributed by atoms with Crippen LogP contribution in [0, 0.1) is 10.1 Å². The topological polar surface area (TPSA) is 664 Å². The Morgan fingerprint density at radius 3 is 1.45 bits per heavy atom. The minimum Gasteiger partial charge on any atom is -0.505 e. The highest BCUT2D eigenvalue weighted by Gasteiger charge is 2.32. The Kier molecular flexibility index (Phi) is 16.6. The molecule has 0 bridgehead atoms. The van der Waals surface area contributed by atoms with Gasteiger partial charge in [0.25, 0.3) is 76.5 Å². The number of aromatic nitrogens is 2. The molecule has 0 saturated carbocycles. The number of aromatic carboxylic acids is 1. The van der Waals surface area contributed by atoms with Gasteiger partial charge in [-0.2, -0.15) is 73.8 Å². The number of phenolic OH excluding ortho intramolecular Hbond substituents is 2. The minimum absolute atomic E-state index is 0.181. The third-order valence-corrected chi connectivity index (χ3v) is 17.9. The summed E-state index contributed by atoms with van der Waals surface area (Å²) in [6.07, 6.45) is 0. The van der Waals surface area contributed by atoms with Crippen LogP contribution in [0.25, 0.3) is 27.2 Å². The van der Waals surface area contributed by atoms with E-state index in [0.29, 0.717) is 47.1 Å². The predicted octanol–water partition coefficient (Wildman–Crippen LogP) is 6.87. The molecule has 0 aliphatic heterocycles. The van der Waals surface area contributed by atoms with E-state index in [9.17, 15) is 126 Å². The molecule has 0 atom stereocenters. The van der Waals surface area contributed by atoms with Crippen LogP contribution in [-0.4, -0.2) is 132 Å². The quantitative estimate of drug-likeness (QED) is 0.0137. The molecule has 0 aliphatic carbocycles. The molecule has 0 fully saturated rings. The van der Waals surface area contributed by atoms with Crippen LogP contribution < -0.4 is 5.73 Å². The first-order valence-corrected chi connectivity index (χ1v) is 32.5. The summed E-state index contributed by atoms with van der Waals surface area (Å²) in [4.78, 5) is 13.0. The van der Waals surface area contributed by atoms with E-state index in [1.54, 1.807) is 0 Å². The summed E-state index contributed by atoms with van der Waals surface area (Å²) in [7, 11) is -38.6. The van der Waals surface area contributed by atoms with Crippen molar-refractivity contribution >= 4 is 155 Å². The Hall–Kier alpha value is -9.89. The molecule has 8 aromatic rings. The average Bonchev–Trinajstić information content (AvgIpc) is 1.30. The number of fused-ring (bicyclic) bond motifs is 2. The first-order valence-electron chi connectivity index (χ1n) is 22.4. The number of non-ortho nitro benzene ring substituents is 1. The first kappa shape index (κ1) is 65.1. The Balaban J connectivity index is 1.23. The number of hydrogen-bond acceptors (Lipinski definition) is 30. The molecule has 0 spiro atoms. The zero-order valence-electron chi connectivity index (χ0n) is 42.4. The van der Waals surface area contributed by atoms with Crippen molar-refractivity contribution < 1.29 is 121 Å². The fourth-order valence-corrected chi connectivity index (χ4v) is 12.5. The molecule has 1 aromatic heterocycles. The van der Waals surface area contributed by atoms with Crippen molar-refractivity contribution in [1.29, 1.82) is 0 Å². The lowest BCUT2D eigenvalue weighted by Crippen LogP contribution is -2.04. The number of carboxylic acid groups (broad SMARTS) is 1. The average molecular weight is 1370 g/mol. The molecule has 89 heavy (non-hydrogen) atoms. The van der Waals surface area contributed by atoms with Crippen LogP contribution in [0.5, 0.6) is 17.4 Å². The van der Waals surface area contributed by atoms with Gasteiger partial charge < -0.3 is 26.2 Å². The van der Waals surface area contributed by atoms with Crippen LogP contribution in [0.3, 0.4) is 0 Å². The van der Waals surface area contributed by atoms with Gasteiger partial charge >= 0.3 is 5.97 Å². The number of nitrogens with two attached hydrogens (primary N) is 1. The summed E-state index contributed by atoms with van der Waals surface area (Å²) in [5, 5.41) is 82.6. The number of hydrogen-bond donors (Lipinski definition) is 12. The van der Waals surface area contributed by atoms with E-state index in [0.717, 1.165) is 30.3 Å². The number of aromatic hydroxyl groups is 3. The van der Waals surface area contributed by atoms with Crippen LogP contribution in [0.1, 0.15) is 10.5 Å². The van der Waals surface area contributed by atoms with E-state index in [1.165, 1.54) is 0 Å². The van der Waals surface area contributed by atoms with Crippen molar-refractivity contribution in [1.82, 2.24) is 9.78 Å². The number of nitrogens with zero attached hydrogens (tertiary/aromatic N) is 11. The summed E-state index contributed by atoms with van der Waals surface area (Å²) in [6.45, 7) is 0. The molecule has 466 valence electrons. The first-order chi connectivity index (χ1) is 40.9. The number of phenols is 2. The van der Waals surface area contributed by atoms with Crippen LogP contribution in [-0.2, 0) is 70.8 Å². The summed E-state index contributed by atoms with van der Waals surface area (Å²) in [5.74, 6) is -5.89. The van der Waals surface area contributed by atoms with E-state index in [4.69, 9.17) is 5.73 Å². The number of azo groups is 4. The van der Waals surface area contributed by atoms with Crippen molar-refractivity contribution in [2.75, 3.05) is 5.73 Å². The molecule has 0 amide bonds. The van der Waals surface area contributed by atoms with Gasteiger partial charge in [0.1, 0.15) is 63.5 Å². The SMILES string of the molecule is Nc1c(N=Nc2ccc3c(O)c(/N=N\c4ccc(/N=N/c5c(C(=O)O)nn(-c6ccc(S(=O)(=O)O)cc6)c5O)cc4S(=O)(=O)O)c(S(=O)(=O)O)cc3c2S(=O)(=O)O)cc(S(=O)(=O)O)c2cc(S(=O)(=O)O)c(/N=N\c3ccc([N+](=O)[O-])cc3S(=O)(=O)O)c(O)c12. The number of nitrogen functional groups attached to an aromatic ring is 1. The van der Waals surface area contributed by atoms with Crippen molar-refractivity contribution in [3.05, 3.63) is 107 Å². The van der Waals surface area contributed by atoms with Gasteiger partial charge in [0.2, 0.25) is 11.6 Å². The van der Waals surface area contributed by atoms with Crippen molar-refractivity contribution in [3.8, 4) is 23.1 Å². The largest absolute Gasteiger partial charge is 0.505 e. The standard InChI is InChI=1S/C42H28N12O28S7/c43-33-26(15-27(84(65,66)67)22-14-31(88(77,78)79)35(39(56)32(22)33)50-46-24-9-4-18(54(60)61)12-29(24)86(71,72)73)48-47-25-10-7-20-21(40(25)89(80,81)82)13-30(87(74,75)76)34(38(20)55)49-45-23-8-1-16(11-28(23)85(68,69)70)44-51-36-37(42(58)59)52-53(41(36)57)17-2-5-19(6-3-17)83(62,63)64/h1-15,55-57H,43H2,(H,58,59)(H,62,63,64)(H,65,66,67)(H,68,69,70)(H,71,72,73)(H,74,75,76)(H,77,78,79)(H,80,81,82)/b48-47?,49-45-,50-46-,51-44+. The van der Waals surface area contributed by atoms with E-state index in [-0.39, 0.29) is 23.9 Å². The molecule has 0 saturated heterocycles. The molecule has 0 aliphatic rings. The molecule has 40 nitrogen and oxygen atoms in total. The number of carboxylic acids is 1. The van der Waals surface area contributed by atoms with Crippen molar-refractivity contribution in [2.24, 2.45) is 40.9 Å². The molecule has 7 aromatic carbocycles. The van der Waals surface area contributed by atoms with Gasteiger partial charge in [0.15, 0.2) is 17.2 Å². The van der Waals surface area contributed by atoms with E-state index in [1.807, 2.05) is 0 Å². The maximum absolute atomic E-state index is 13.1. The summed E-state index contributed by atoms with van der Waals surface area (Å²) >= 11 is 0. The van der Waals surface area contributed by atoms with Crippen LogP contribution in [0.4, 0.5) is 56.9 Å². The Morgan fingerprint density at radius 1 is 0.472 bits per heavy atom. The number of carbonyl (C=O) groups is 1.